The number of aromatic nitrogens is 2. The molecule has 112 valence electrons. The highest BCUT2D eigenvalue weighted by Gasteiger charge is 2.21. The van der Waals surface area contributed by atoms with E-state index in [0.717, 1.165) is 18.8 Å². The average Bonchev–Trinajstić information content (AvgIpc) is 3.21. The molecular weight excluding hydrogens is 292 g/mol. The van der Waals surface area contributed by atoms with Gasteiger partial charge >= 0.3 is 10.8 Å². The van der Waals surface area contributed by atoms with Crippen molar-refractivity contribution in [3.05, 3.63) is 32.4 Å². The highest BCUT2D eigenvalue weighted by Crippen LogP contribution is 2.34. The lowest BCUT2D eigenvalue weighted by Gasteiger charge is -2.06. The summed E-state index contributed by atoms with van der Waals surface area (Å²) in [5.74, 6) is 0.807. The molecule has 3 rings (SSSR count). The van der Waals surface area contributed by atoms with Crippen molar-refractivity contribution in [2.24, 2.45) is 5.92 Å². The first-order chi connectivity index (χ1) is 10.0. The predicted molar refractivity (Wildman–Crippen MR) is 78.9 cm³/mol. The molecule has 2 aromatic rings. The van der Waals surface area contributed by atoms with Crippen molar-refractivity contribution in [3.63, 3.8) is 0 Å². The van der Waals surface area contributed by atoms with E-state index in [9.17, 15) is 14.1 Å². The molecule has 0 spiro atoms. The largest absolute Gasteiger partial charge is 0.609 e. The molecule has 1 saturated carbocycles. The van der Waals surface area contributed by atoms with E-state index >= 15 is 0 Å². The number of fused-ring (bicyclic) bond motifs is 1. The molecule has 2 aromatic heterocycles. The van der Waals surface area contributed by atoms with Crippen LogP contribution in [0.25, 0.3) is 11.1 Å². The Labute approximate surface area is 123 Å². The Bertz CT molecular complexity index is 777. The van der Waals surface area contributed by atoms with Gasteiger partial charge in [0.15, 0.2) is 0 Å². The third kappa shape index (κ3) is 3.19. The van der Waals surface area contributed by atoms with Crippen molar-refractivity contribution in [3.8, 4) is 0 Å². The topological polar surface area (TPSA) is 99.0 Å². The summed E-state index contributed by atoms with van der Waals surface area (Å²) in [4.78, 5) is 30.2. The predicted octanol–water partition coefficient (Wildman–Crippen LogP) is 1.35. The van der Waals surface area contributed by atoms with Crippen LogP contribution in [0.3, 0.4) is 0 Å². The highest BCUT2D eigenvalue weighted by molar-refractivity contribution is 7.90. The van der Waals surface area contributed by atoms with E-state index in [0.29, 0.717) is 17.4 Å². The van der Waals surface area contributed by atoms with Crippen LogP contribution in [-0.2, 0) is 17.6 Å². The maximum Gasteiger partial charge on any atom is 0.337 e. The number of hydrogen-bond donors (Lipinski definition) is 1. The van der Waals surface area contributed by atoms with Crippen LogP contribution >= 0.6 is 0 Å². The van der Waals surface area contributed by atoms with Crippen molar-refractivity contribution in [2.75, 3.05) is 6.26 Å². The number of rotatable bonds is 5. The van der Waals surface area contributed by atoms with Gasteiger partial charge in [-0.15, -0.1) is 4.98 Å². The molecule has 21 heavy (non-hydrogen) atoms. The number of nitrogens with zero attached hydrogens (tertiary/aromatic N) is 1. The number of hydrogen-bond acceptors (Lipinski definition) is 5. The van der Waals surface area contributed by atoms with Crippen LogP contribution in [0.4, 0.5) is 0 Å². The number of nitrogens with one attached hydrogen (secondary N) is 1. The van der Waals surface area contributed by atoms with Gasteiger partial charge in [0.05, 0.1) is 0 Å². The van der Waals surface area contributed by atoms with Gasteiger partial charge < -0.3 is 8.97 Å². The van der Waals surface area contributed by atoms with Crippen molar-refractivity contribution in [1.82, 2.24) is 9.97 Å². The third-order valence-corrected chi connectivity index (χ3v) is 4.44. The summed E-state index contributed by atoms with van der Waals surface area (Å²) in [5, 5.41) is 0.311. The van der Waals surface area contributed by atoms with Gasteiger partial charge in [0.2, 0.25) is 5.71 Å². The van der Waals surface area contributed by atoms with Crippen molar-refractivity contribution in [1.29, 1.82) is 0 Å². The zero-order valence-corrected chi connectivity index (χ0v) is 12.5. The van der Waals surface area contributed by atoms with E-state index in [4.69, 9.17) is 4.42 Å². The Balaban J connectivity index is 2.01. The Morgan fingerprint density at radius 2 is 2.24 bits per heavy atom. The average molecular weight is 308 g/mol. The van der Waals surface area contributed by atoms with Gasteiger partial charge in [0.25, 0.3) is 5.56 Å². The molecule has 1 unspecified atom stereocenters. The van der Waals surface area contributed by atoms with E-state index in [2.05, 4.69) is 9.97 Å². The third-order valence-electron chi connectivity index (χ3n) is 3.70. The van der Waals surface area contributed by atoms with Crippen LogP contribution < -0.4 is 11.2 Å². The van der Waals surface area contributed by atoms with Gasteiger partial charge in [0, 0.05) is 17.2 Å². The molecule has 0 saturated heterocycles. The van der Waals surface area contributed by atoms with Gasteiger partial charge in [0.1, 0.15) is 11.6 Å². The molecule has 1 N–H and O–H groups in total. The van der Waals surface area contributed by atoms with Gasteiger partial charge in [-0.05, 0) is 24.3 Å². The highest BCUT2D eigenvalue weighted by atomic mass is 32.2. The number of aryl methyl sites for hydroxylation is 1. The Hall–Kier alpha value is -1.60. The minimum Gasteiger partial charge on any atom is -0.609 e. The molecule has 1 fully saturated rings. The monoisotopic (exact) mass is 308 g/mol. The Morgan fingerprint density at radius 1 is 1.48 bits per heavy atom. The summed E-state index contributed by atoms with van der Waals surface area (Å²) in [6.45, 7) is 0. The molecule has 7 heteroatoms. The zero-order chi connectivity index (χ0) is 15.0. The first-order valence-corrected chi connectivity index (χ1v) is 8.51. The van der Waals surface area contributed by atoms with Crippen LogP contribution in [0.1, 0.15) is 31.2 Å². The zero-order valence-electron chi connectivity index (χ0n) is 11.7. The standard InChI is InChI=1S/C14H16N2O4S/c1-21(19)14-15-12(18)11-9(4-2-3-8-5-6-8)7-10(17)20-13(11)16-14/h7-8H,2-6H2,1H3,(H,15,16,18). The van der Waals surface area contributed by atoms with Crippen LogP contribution in [0.2, 0.25) is 0 Å². The second-order valence-electron chi connectivity index (χ2n) is 5.43. The summed E-state index contributed by atoms with van der Waals surface area (Å²) < 4.78 is 16.4. The Kier molecular flexibility index (Phi) is 3.86. The molecule has 6 nitrogen and oxygen atoms in total. The van der Waals surface area contributed by atoms with Gasteiger partial charge in [-0.1, -0.05) is 19.3 Å². The van der Waals surface area contributed by atoms with Crippen molar-refractivity contribution < 1.29 is 8.97 Å². The summed E-state index contributed by atoms with van der Waals surface area (Å²) in [7, 11) is 0. The molecule has 0 bridgehead atoms. The fourth-order valence-corrected chi connectivity index (χ4v) is 2.90. The van der Waals surface area contributed by atoms with E-state index in [1.54, 1.807) is 0 Å². The van der Waals surface area contributed by atoms with Crippen molar-refractivity contribution >= 4 is 22.3 Å². The first-order valence-electron chi connectivity index (χ1n) is 6.95. The van der Waals surface area contributed by atoms with Crippen LogP contribution in [-0.4, -0.2) is 20.8 Å². The minimum atomic E-state index is -1.44. The smallest absolute Gasteiger partial charge is 0.337 e. The Morgan fingerprint density at radius 3 is 2.90 bits per heavy atom. The quantitative estimate of drug-likeness (QED) is 0.664. The van der Waals surface area contributed by atoms with Crippen LogP contribution in [0, 0.1) is 5.92 Å². The van der Waals surface area contributed by atoms with E-state index in [1.807, 2.05) is 0 Å². The molecule has 2 heterocycles. The lowest BCUT2D eigenvalue weighted by atomic mass is 10.1. The van der Waals surface area contributed by atoms with E-state index in [-0.39, 0.29) is 10.9 Å². The van der Waals surface area contributed by atoms with Gasteiger partial charge in [-0.2, -0.15) is 0 Å². The number of H-pyrrole nitrogens is 1. The summed E-state index contributed by atoms with van der Waals surface area (Å²) >= 11 is -1.44. The lowest BCUT2D eigenvalue weighted by molar-refractivity contribution is 0.536. The fourth-order valence-electron chi connectivity index (χ4n) is 2.45. The lowest BCUT2D eigenvalue weighted by Crippen LogP contribution is -2.18. The number of aromatic amines is 1. The fraction of sp³-hybridized carbons (Fsp3) is 0.500. The first kappa shape index (κ1) is 14.3. The SMILES string of the molecule is C[S+]([O-])c1nc2oc(=O)cc(CCCC3CC3)c2c(=O)[nH]1. The van der Waals surface area contributed by atoms with Crippen LogP contribution in [0.15, 0.2) is 25.2 Å². The summed E-state index contributed by atoms with van der Waals surface area (Å²) in [6, 6.07) is 1.36. The maximum atomic E-state index is 12.2. The van der Waals surface area contributed by atoms with Gasteiger partial charge in [-0.25, -0.2) is 4.79 Å². The van der Waals surface area contributed by atoms with Crippen molar-refractivity contribution in [2.45, 2.75) is 37.3 Å². The molecule has 1 atom stereocenters. The summed E-state index contributed by atoms with van der Waals surface area (Å²) in [5.41, 5.74) is -0.313. The van der Waals surface area contributed by atoms with E-state index < -0.39 is 22.4 Å². The maximum absolute atomic E-state index is 12.2. The minimum absolute atomic E-state index is 0.0192. The van der Waals surface area contributed by atoms with E-state index in [1.165, 1.54) is 25.2 Å². The van der Waals surface area contributed by atoms with Crippen LogP contribution in [0.5, 0.6) is 0 Å². The molecule has 1 aliphatic rings. The normalized spacial score (nSPS) is 16.3. The van der Waals surface area contributed by atoms with Gasteiger partial charge in [-0.3, -0.25) is 9.78 Å². The second kappa shape index (κ2) is 5.65. The molecule has 0 aromatic carbocycles. The summed E-state index contributed by atoms with van der Waals surface area (Å²) in [6.07, 6.45) is 6.67. The molecule has 0 amide bonds. The molecular formula is C14H16N2O4S. The second-order valence-corrected chi connectivity index (χ2v) is 6.73. The molecule has 0 aliphatic heterocycles. The molecule has 1 aliphatic carbocycles. The molecule has 0 radical (unpaired) electrons.